The van der Waals surface area contributed by atoms with Crippen molar-refractivity contribution in [2.24, 2.45) is 0 Å². The van der Waals surface area contributed by atoms with E-state index in [9.17, 15) is 8.42 Å². The Morgan fingerprint density at radius 3 is 2.38 bits per heavy atom. The molecule has 5 nitrogen and oxygen atoms in total. The minimum Gasteiger partial charge on any atom is -0.396 e. The average molecular weight is 534 g/mol. The Balaban J connectivity index is 0.000000299. The SMILES string of the molecule is Nc1cnn(C(c2ccccc2)C2CCCc3ccc4c(ccc5ccccc54)c32)c1.O=S1(=O)C=CC=CC1. The number of rotatable bonds is 3. The molecule has 5 aromatic rings. The molecule has 1 aliphatic carbocycles. The van der Waals surface area contributed by atoms with Crippen LogP contribution in [0, 0.1) is 0 Å². The summed E-state index contributed by atoms with van der Waals surface area (Å²) in [6.07, 6.45) is 12.1. The molecule has 1 aromatic heterocycles. The number of aryl methyl sites for hydroxylation is 1. The maximum absolute atomic E-state index is 10.5. The van der Waals surface area contributed by atoms with Gasteiger partial charge in [0.05, 0.1) is 23.7 Å². The number of nitrogen functional groups attached to an aromatic ring is 1. The van der Waals surface area contributed by atoms with Crippen LogP contribution in [0.3, 0.4) is 0 Å². The topological polar surface area (TPSA) is 78.0 Å². The minimum absolute atomic E-state index is 0.120. The predicted molar refractivity (Wildman–Crippen MR) is 160 cm³/mol. The average Bonchev–Trinajstić information content (AvgIpc) is 3.39. The largest absolute Gasteiger partial charge is 0.396 e. The number of nitrogens with zero attached hydrogens (tertiary/aromatic N) is 2. The van der Waals surface area contributed by atoms with Crippen LogP contribution in [0.15, 0.2) is 115 Å². The third-order valence-electron chi connectivity index (χ3n) is 7.68. The highest BCUT2D eigenvalue weighted by Gasteiger charge is 2.32. The Morgan fingerprint density at radius 2 is 1.67 bits per heavy atom. The van der Waals surface area contributed by atoms with Crippen molar-refractivity contribution in [2.45, 2.75) is 31.2 Å². The van der Waals surface area contributed by atoms with Gasteiger partial charge in [0.1, 0.15) is 0 Å². The van der Waals surface area contributed by atoms with E-state index in [1.807, 2.05) is 6.20 Å². The number of hydrogen-bond donors (Lipinski definition) is 1. The zero-order valence-corrected chi connectivity index (χ0v) is 22.5. The second-order valence-corrected chi connectivity index (χ2v) is 12.1. The lowest BCUT2D eigenvalue weighted by atomic mass is 9.74. The number of aromatic nitrogens is 2. The molecule has 0 bridgehead atoms. The van der Waals surface area contributed by atoms with Crippen molar-refractivity contribution >= 4 is 37.1 Å². The molecule has 39 heavy (non-hydrogen) atoms. The van der Waals surface area contributed by atoms with Gasteiger partial charge < -0.3 is 5.73 Å². The summed E-state index contributed by atoms with van der Waals surface area (Å²) in [6, 6.07) is 28.8. The van der Waals surface area contributed by atoms with Gasteiger partial charge in [0, 0.05) is 17.5 Å². The summed E-state index contributed by atoms with van der Waals surface area (Å²) < 4.78 is 23.1. The smallest absolute Gasteiger partial charge is 0.175 e. The third kappa shape index (κ3) is 5.12. The third-order valence-corrected chi connectivity index (χ3v) is 8.91. The molecule has 0 spiro atoms. The van der Waals surface area contributed by atoms with Crippen molar-refractivity contribution in [1.29, 1.82) is 0 Å². The number of benzene rings is 4. The lowest BCUT2D eigenvalue weighted by Gasteiger charge is -2.34. The first-order chi connectivity index (χ1) is 19.0. The zero-order chi connectivity index (χ0) is 26.8. The summed E-state index contributed by atoms with van der Waals surface area (Å²) in [5.41, 5.74) is 11.0. The van der Waals surface area contributed by atoms with Gasteiger partial charge in [-0.3, -0.25) is 4.68 Å². The van der Waals surface area contributed by atoms with E-state index in [4.69, 9.17) is 5.73 Å². The van der Waals surface area contributed by atoms with E-state index >= 15 is 0 Å². The number of hydrogen-bond acceptors (Lipinski definition) is 4. The van der Waals surface area contributed by atoms with Crippen molar-refractivity contribution in [3.63, 3.8) is 0 Å². The molecule has 2 N–H and O–H groups in total. The first-order valence-corrected chi connectivity index (χ1v) is 15.1. The van der Waals surface area contributed by atoms with E-state index in [1.54, 1.807) is 18.3 Å². The van der Waals surface area contributed by atoms with Crippen LogP contribution in [0.2, 0.25) is 0 Å². The molecule has 0 amide bonds. The molecule has 196 valence electrons. The van der Waals surface area contributed by atoms with E-state index < -0.39 is 9.84 Å². The molecule has 6 heteroatoms. The molecule has 2 aliphatic rings. The Bertz CT molecular complexity index is 1800. The van der Waals surface area contributed by atoms with Gasteiger partial charge in [-0.1, -0.05) is 97.1 Å². The zero-order valence-electron chi connectivity index (χ0n) is 21.6. The Morgan fingerprint density at radius 1 is 0.872 bits per heavy atom. The van der Waals surface area contributed by atoms with Crippen LogP contribution >= 0.6 is 0 Å². The second-order valence-electron chi connectivity index (χ2n) is 10.2. The van der Waals surface area contributed by atoms with Gasteiger partial charge in [0.25, 0.3) is 0 Å². The fourth-order valence-electron chi connectivity index (χ4n) is 6.00. The number of anilines is 1. The molecule has 2 heterocycles. The van der Waals surface area contributed by atoms with Gasteiger partial charge in [-0.2, -0.15) is 5.10 Å². The first kappa shape index (κ1) is 25.1. The quantitative estimate of drug-likeness (QED) is 0.254. The van der Waals surface area contributed by atoms with Crippen LogP contribution in [0.5, 0.6) is 0 Å². The van der Waals surface area contributed by atoms with Crippen molar-refractivity contribution in [1.82, 2.24) is 9.78 Å². The summed E-state index contributed by atoms with van der Waals surface area (Å²) in [5, 5.41) is 11.2. The molecular formula is C33H31N3O2S. The molecule has 4 aromatic carbocycles. The lowest BCUT2D eigenvalue weighted by molar-refractivity contribution is 0.395. The molecular weight excluding hydrogens is 502 g/mol. The standard InChI is InChI=1S/C28H25N3.C5H6O2S/c29-22-17-30-31(18-22)28(21-8-2-1-3-9-21)26-12-6-10-20-14-15-24-23-11-5-4-7-19(23)13-16-25(24)27(20)26;6-8(7)4-2-1-3-5-8/h1-5,7-9,11,13-18,26,28H,6,10,12,29H2;1-4H,5H2. The van der Waals surface area contributed by atoms with Gasteiger partial charge in [-0.05, 0) is 57.5 Å². The highest BCUT2D eigenvalue weighted by atomic mass is 32.2. The second kappa shape index (κ2) is 10.5. The van der Waals surface area contributed by atoms with E-state index in [-0.39, 0.29) is 11.8 Å². The van der Waals surface area contributed by atoms with Crippen LogP contribution in [-0.4, -0.2) is 24.0 Å². The van der Waals surface area contributed by atoms with Crippen molar-refractivity contribution < 1.29 is 8.42 Å². The molecule has 0 radical (unpaired) electrons. The maximum Gasteiger partial charge on any atom is 0.175 e. The Hall–Kier alpha value is -4.16. The van der Waals surface area contributed by atoms with Gasteiger partial charge in [0.2, 0.25) is 0 Å². The van der Waals surface area contributed by atoms with Gasteiger partial charge in [-0.25, -0.2) is 8.42 Å². The van der Waals surface area contributed by atoms with E-state index in [0.717, 1.165) is 12.8 Å². The summed E-state index contributed by atoms with van der Waals surface area (Å²) in [4.78, 5) is 0. The summed E-state index contributed by atoms with van der Waals surface area (Å²) in [5.74, 6) is 0.499. The first-order valence-electron chi connectivity index (χ1n) is 13.3. The number of fused-ring (bicyclic) bond motifs is 5. The molecule has 2 unspecified atom stereocenters. The van der Waals surface area contributed by atoms with Gasteiger partial charge in [0.15, 0.2) is 9.84 Å². The number of sulfone groups is 1. The van der Waals surface area contributed by atoms with Crippen molar-refractivity contribution in [3.05, 3.63) is 132 Å². The molecule has 1 aliphatic heterocycles. The maximum atomic E-state index is 10.5. The number of nitrogens with two attached hydrogens (primary N) is 1. The monoisotopic (exact) mass is 533 g/mol. The van der Waals surface area contributed by atoms with Crippen LogP contribution < -0.4 is 5.73 Å². The van der Waals surface area contributed by atoms with E-state index in [1.165, 1.54) is 56.1 Å². The molecule has 0 fully saturated rings. The summed E-state index contributed by atoms with van der Waals surface area (Å²) in [6.45, 7) is 0. The van der Waals surface area contributed by atoms with Crippen LogP contribution in [0.1, 0.15) is 41.5 Å². The predicted octanol–water partition coefficient (Wildman–Crippen LogP) is 6.97. The van der Waals surface area contributed by atoms with Gasteiger partial charge in [-0.15, -0.1) is 0 Å². The number of allylic oxidation sites excluding steroid dienone is 2. The van der Waals surface area contributed by atoms with Gasteiger partial charge >= 0.3 is 0 Å². The lowest BCUT2D eigenvalue weighted by Crippen LogP contribution is -2.24. The van der Waals surface area contributed by atoms with Crippen LogP contribution in [0.4, 0.5) is 5.69 Å². The molecule has 7 rings (SSSR count). The normalized spacial score (nSPS) is 18.3. The van der Waals surface area contributed by atoms with E-state index in [0.29, 0.717) is 11.6 Å². The van der Waals surface area contributed by atoms with Crippen LogP contribution in [0.25, 0.3) is 21.5 Å². The summed E-state index contributed by atoms with van der Waals surface area (Å²) >= 11 is 0. The minimum atomic E-state index is -2.85. The Kier molecular flexibility index (Phi) is 6.79. The highest BCUT2D eigenvalue weighted by Crippen LogP contribution is 2.46. The van der Waals surface area contributed by atoms with E-state index in [2.05, 4.69) is 88.6 Å². The highest BCUT2D eigenvalue weighted by molar-refractivity contribution is 7.94. The van der Waals surface area contributed by atoms with Crippen LogP contribution in [-0.2, 0) is 16.3 Å². The Labute approximate surface area is 229 Å². The summed E-state index contributed by atoms with van der Waals surface area (Å²) in [7, 11) is -2.85. The molecule has 0 saturated carbocycles. The van der Waals surface area contributed by atoms with Crippen molar-refractivity contribution in [2.75, 3.05) is 11.5 Å². The fourth-order valence-corrected chi connectivity index (χ4v) is 6.82. The molecule has 0 saturated heterocycles. The van der Waals surface area contributed by atoms with Crippen molar-refractivity contribution in [3.8, 4) is 0 Å². The fraction of sp³-hybridized carbons (Fsp3) is 0.182. The molecule has 2 atom stereocenters.